The van der Waals surface area contributed by atoms with Gasteiger partial charge in [-0.15, -0.1) is 0 Å². The van der Waals surface area contributed by atoms with Crippen LogP contribution >= 0.6 is 0 Å². The number of methoxy groups -OCH3 is 1. The molecule has 0 spiro atoms. The fourth-order valence-corrected chi connectivity index (χ4v) is 2.40. The summed E-state index contributed by atoms with van der Waals surface area (Å²) in [7, 11) is 1.57. The fourth-order valence-electron chi connectivity index (χ4n) is 2.40. The van der Waals surface area contributed by atoms with Crippen LogP contribution in [0.15, 0.2) is 60.7 Å². The van der Waals surface area contributed by atoms with Crippen LogP contribution in [-0.2, 0) is 6.54 Å². The van der Waals surface area contributed by atoms with Gasteiger partial charge in [-0.2, -0.15) is 0 Å². The average Bonchev–Trinajstić information content (AvgIpc) is 2.54. The van der Waals surface area contributed by atoms with Crippen LogP contribution in [0.1, 0.15) is 5.56 Å². The molecule has 0 aliphatic rings. The van der Waals surface area contributed by atoms with Crippen molar-refractivity contribution in [1.29, 1.82) is 0 Å². The number of rotatable bonds is 4. The molecule has 106 valence electrons. The molecule has 21 heavy (non-hydrogen) atoms. The maximum absolute atomic E-state index is 13.8. The molecular formula is C18H16FNO. The van der Waals surface area contributed by atoms with Gasteiger partial charge in [0.05, 0.1) is 12.8 Å². The molecule has 0 aliphatic carbocycles. The van der Waals surface area contributed by atoms with Gasteiger partial charge in [0, 0.05) is 12.6 Å². The SMILES string of the molecule is COc1ccc(F)c(NCc2cccc3ccccc23)c1. The molecule has 3 aromatic rings. The van der Waals surface area contributed by atoms with Gasteiger partial charge in [-0.25, -0.2) is 4.39 Å². The first-order valence-corrected chi connectivity index (χ1v) is 6.82. The number of hydrogen-bond donors (Lipinski definition) is 1. The highest BCUT2D eigenvalue weighted by Gasteiger charge is 2.05. The first-order chi connectivity index (χ1) is 10.3. The summed E-state index contributed by atoms with van der Waals surface area (Å²) in [6.45, 7) is 0.561. The molecule has 0 heterocycles. The third-order valence-corrected chi connectivity index (χ3v) is 3.52. The van der Waals surface area contributed by atoms with E-state index in [4.69, 9.17) is 4.74 Å². The van der Waals surface area contributed by atoms with E-state index in [1.807, 2.05) is 24.3 Å². The van der Waals surface area contributed by atoms with Gasteiger partial charge in [0.15, 0.2) is 0 Å². The minimum atomic E-state index is -0.281. The van der Waals surface area contributed by atoms with Gasteiger partial charge in [-0.1, -0.05) is 42.5 Å². The number of fused-ring (bicyclic) bond motifs is 1. The van der Waals surface area contributed by atoms with Crippen LogP contribution in [0.2, 0.25) is 0 Å². The van der Waals surface area contributed by atoms with Crippen molar-refractivity contribution in [3.05, 3.63) is 72.0 Å². The summed E-state index contributed by atoms with van der Waals surface area (Å²) in [5.41, 5.74) is 1.58. The molecule has 1 N–H and O–H groups in total. The topological polar surface area (TPSA) is 21.3 Å². The second-order valence-electron chi connectivity index (χ2n) is 4.84. The highest BCUT2D eigenvalue weighted by Crippen LogP contribution is 2.23. The van der Waals surface area contributed by atoms with Gasteiger partial charge >= 0.3 is 0 Å². The molecule has 3 heteroatoms. The molecule has 0 saturated heterocycles. The van der Waals surface area contributed by atoms with E-state index in [1.165, 1.54) is 16.8 Å². The Balaban J connectivity index is 1.87. The van der Waals surface area contributed by atoms with Crippen LogP contribution < -0.4 is 10.1 Å². The second kappa shape index (κ2) is 5.83. The summed E-state index contributed by atoms with van der Waals surface area (Å²) < 4.78 is 18.9. The number of hydrogen-bond acceptors (Lipinski definition) is 2. The van der Waals surface area contributed by atoms with Gasteiger partial charge < -0.3 is 10.1 Å². The van der Waals surface area contributed by atoms with Crippen molar-refractivity contribution in [2.24, 2.45) is 0 Å². The van der Waals surface area contributed by atoms with Crippen molar-refractivity contribution in [2.75, 3.05) is 12.4 Å². The van der Waals surface area contributed by atoms with Crippen LogP contribution in [-0.4, -0.2) is 7.11 Å². The Morgan fingerprint density at radius 3 is 2.67 bits per heavy atom. The molecular weight excluding hydrogens is 265 g/mol. The summed E-state index contributed by atoms with van der Waals surface area (Å²) in [5.74, 6) is 0.354. The first kappa shape index (κ1) is 13.4. The normalized spacial score (nSPS) is 10.6. The van der Waals surface area contributed by atoms with Gasteiger partial charge in [0.2, 0.25) is 0 Å². The van der Waals surface area contributed by atoms with Crippen LogP contribution in [0.25, 0.3) is 10.8 Å². The summed E-state index contributed by atoms with van der Waals surface area (Å²) in [6, 6.07) is 19.0. The second-order valence-corrected chi connectivity index (χ2v) is 4.84. The maximum atomic E-state index is 13.8. The van der Waals surface area contributed by atoms with E-state index in [1.54, 1.807) is 19.2 Å². The minimum Gasteiger partial charge on any atom is -0.497 e. The molecule has 0 fully saturated rings. The van der Waals surface area contributed by atoms with Gasteiger partial charge in [-0.3, -0.25) is 0 Å². The van der Waals surface area contributed by atoms with Gasteiger partial charge in [0.25, 0.3) is 0 Å². The van der Waals surface area contributed by atoms with E-state index < -0.39 is 0 Å². The number of halogens is 1. The van der Waals surface area contributed by atoms with Crippen molar-refractivity contribution in [1.82, 2.24) is 0 Å². The third-order valence-electron chi connectivity index (χ3n) is 3.52. The maximum Gasteiger partial charge on any atom is 0.146 e. The lowest BCUT2D eigenvalue weighted by molar-refractivity contribution is 0.414. The molecule has 0 bridgehead atoms. The van der Waals surface area contributed by atoms with Crippen LogP contribution in [0, 0.1) is 5.82 Å². The van der Waals surface area contributed by atoms with Gasteiger partial charge in [0.1, 0.15) is 11.6 Å². The highest BCUT2D eigenvalue weighted by molar-refractivity contribution is 5.85. The zero-order valence-electron chi connectivity index (χ0n) is 11.8. The lowest BCUT2D eigenvalue weighted by Crippen LogP contribution is -2.02. The molecule has 0 aliphatic heterocycles. The van der Waals surface area contributed by atoms with E-state index in [9.17, 15) is 4.39 Å². The van der Waals surface area contributed by atoms with Crippen LogP contribution in [0.4, 0.5) is 10.1 Å². The zero-order chi connectivity index (χ0) is 14.7. The Morgan fingerprint density at radius 2 is 1.81 bits per heavy atom. The van der Waals surface area contributed by atoms with E-state index >= 15 is 0 Å². The molecule has 0 radical (unpaired) electrons. The van der Waals surface area contributed by atoms with Crippen molar-refractivity contribution in [2.45, 2.75) is 6.54 Å². The van der Waals surface area contributed by atoms with Crippen LogP contribution in [0.3, 0.4) is 0 Å². The molecule has 0 atom stereocenters. The molecule has 2 nitrogen and oxygen atoms in total. The van der Waals surface area contributed by atoms with E-state index in [0.717, 1.165) is 5.56 Å². The van der Waals surface area contributed by atoms with Crippen molar-refractivity contribution in [3.63, 3.8) is 0 Å². The Hall–Kier alpha value is -2.55. The number of nitrogens with one attached hydrogen (secondary N) is 1. The molecule has 0 saturated carbocycles. The Bertz CT molecular complexity index is 765. The lowest BCUT2D eigenvalue weighted by atomic mass is 10.0. The predicted molar refractivity (Wildman–Crippen MR) is 84.2 cm³/mol. The van der Waals surface area contributed by atoms with Gasteiger partial charge in [-0.05, 0) is 28.5 Å². The predicted octanol–water partition coefficient (Wildman–Crippen LogP) is 4.60. The quantitative estimate of drug-likeness (QED) is 0.754. The monoisotopic (exact) mass is 281 g/mol. The molecule has 0 unspecified atom stereocenters. The highest BCUT2D eigenvalue weighted by atomic mass is 19.1. The summed E-state index contributed by atoms with van der Waals surface area (Å²) in [5, 5.41) is 5.50. The molecule has 3 aromatic carbocycles. The lowest BCUT2D eigenvalue weighted by Gasteiger charge is -2.11. The number of anilines is 1. The Kier molecular flexibility index (Phi) is 3.73. The minimum absolute atomic E-state index is 0.281. The average molecular weight is 281 g/mol. The number of ether oxygens (including phenoxy) is 1. The summed E-state index contributed by atoms with van der Waals surface area (Å²) in [6.07, 6.45) is 0. The van der Waals surface area contributed by atoms with Crippen molar-refractivity contribution < 1.29 is 9.13 Å². The van der Waals surface area contributed by atoms with E-state index in [-0.39, 0.29) is 5.82 Å². The summed E-state index contributed by atoms with van der Waals surface area (Å²) >= 11 is 0. The largest absolute Gasteiger partial charge is 0.497 e. The smallest absolute Gasteiger partial charge is 0.146 e. The van der Waals surface area contributed by atoms with Crippen molar-refractivity contribution >= 4 is 16.5 Å². The Labute approximate surface area is 123 Å². The van der Waals surface area contributed by atoms with Crippen molar-refractivity contribution in [3.8, 4) is 5.75 Å². The van der Waals surface area contributed by atoms with E-state index in [0.29, 0.717) is 18.0 Å². The summed E-state index contributed by atoms with van der Waals surface area (Å²) in [4.78, 5) is 0. The Morgan fingerprint density at radius 1 is 1.00 bits per heavy atom. The zero-order valence-corrected chi connectivity index (χ0v) is 11.8. The number of benzene rings is 3. The van der Waals surface area contributed by atoms with Crippen LogP contribution in [0.5, 0.6) is 5.75 Å². The molecule has 3 rings (SSSR count). The standard InChI is InChI=1S/C18H16FNO/c1-21-15-9-10-17(19)18(11-15)20-12-14-7-4-6-13-5-2-3-8-16(13)14/h2-11,20H,12H2,1H3. The first-order valence-electron chi connectivity index (χ1n) is 6.82. The molecule has 0 aromatic heterocycles. The van der Waals surface area contributed by atoms with E-state index in [2.05, 4.69) is 23.5 Å². The fraction of sp³-hybridized carbons (Fsp3) is 0.111. The molecule has 0 amide bonds. The third kappa shape index (κ3) is 2.82.